The van der Waals surface area contributed by atoms with Crippen LogP contribution in [0.3, 0.4) is 0 Å². The maximum Gasteiger partial charge on any atom is 0.337 e. The molecule has 0 bridgehead atoms. The van der Waals surface area contributed by atoms with E-state index in [0.717, 1.165) is 25.6 Å². The van der Waals surface area contributed by atoms with E-state index >= 15 is 0 Å². The fraction of sp³-hybridized carbons (Fsp3) is 0.529. The van der Waals surface area contributed by atoms with Crippen molar-refractivity contribution in [2.75, 3.05) is 26.7 Å². The Kier molecular flexibility index (Phi) is 4.43. The monoisotopic (exact) mass is 302 g/mol. The van der Waals surface area contributed by atoms with Gasteiger partial charge in [-0.15, -0.1) is 0 Å². The van der Waals surface area contributed by atoms with E-state index in [4.69, 9.17) is 0 Å². The van der Waals surface area contributed by atoms with Crippen LogP contribution < -0.4 is 5.32 Å². The summed E-state index contributed by atoms with van der Waals surface area (Å²) in [6.45, 7) is 2.95. The molecule has 22 heavy (non-hydrogen) atoms. The Bertz CT molecular complexity index is 569. The third-order valence-electron chi connectivity index (χ3n) is 4.48. The van der Waals surface area contributed by atoms with Crippen LogP contribution in [0.5, 0.6) is 0 Å². The molecule has 0 spiro atoms. The number of hydrogen-bond donors (Lipinski definition) is 1. The smallest absolute Gasteiger partial charge is 0.337 e. The molecule has 0 aromatic heterocycles. The van der Waals surface area contributed by atoms with Crippen molar-refractivity contribution in [2.24, 2.45) is 5.92 Å². The van der Waals surface area contributed by atoms with Crippen LogP contribution in [0.2, 0.25) is 0 Å². The molecule has 2 aliphatic rings. The van der Waals surface area contributed by atoms with Crippen molar-refractivity contribution < 1.29 is 14.3 Å². The number of hydrogen-bond acceptors (Lipinski definition) is 4. The van der Waals surface area contributed by atoms with Crippen LogP contribution in [0, 0.1) is 5.92 Å². The number of carbonyl (C=O) groups excluding carboxylic acids is 2. The van der Waals surface area contributed by atoms with Gasteiger partial charge in [0.1, 0.15) is 0 Å². The van der Waals surface area contributed by atoms with Crippen molar-refractivity contribution in [3.8, 4) is 0 Å². The predicted octanol–water partition coefficient (Wildman–Crippen LogP) is 1.69. The second-order valence-electron chi connectivity index (χ2n) is 6.16. The van der Waals surface area contributed by atoms with Gasteiger partial charge in [0.05, 0.1) is 12.7 Å². The van der Waals surface area contributed by atoms with Gasteiger partial charge in [-0.1, -0.05) is 6.07 Å². The zero-order chi connectivity index (χ0) is 15.5. The molecular formula is C17H22N2O3. The Hall–Kier alpha value is -1.88. The van der Waals surface area contributed by atoms with Gasteiger partial charge < -0.3 is 15.0 Å². The Morgan fingerprint density at radius 1 is 1.27 bits per heavy atom. The van der Waals surface area contributed by atoms with Gasteiger partial charge in [0.25, 0.3) is 5.91 Å². The average Bonchev–Trinajstić information content (AvgIpc) is 3.30. The second kappa shape index (κ2) is 6.48. The van der Waals surface area contributed by atoms with Gasteiger partial charge in [-0.3, -0.25) is 4.79 Å². The van der Waals surface area contributed by atoms with Gasteiger partial charge in [0.2, 0.25) is 0 Å². The maximum absolute atomic E-state index is 12.2. The molecule has 1 aromatic rings. The Morgan fingerprint density at radius 3 is 2.77 bits per heavy atom. The van der Waals surface area contributed by atoms with Crippen LogP contribution in [0.15, 0.2) is 24.3 Å². The fourth-order valence-electron chi connectivity index (χ4n) is 3.04. The van der Waals surface area contributed by atoms with E-state index in [1.807, 2.05) is 0 Å². The first kappa shape index (κ1) is 15.0. The van der Waals surface area contributed by atoms with E-state index in [1.165, 1.54) is 20.0 Å². The molecule has 3 rings (SSSR count). The van der Waals surface area contributed by atoms with E-state index in [2.05, 4.69) is 15.0 Å². The largest absolute Gasteiger partial charge is 0.465 e. The summed E-state index contributed by atoms with van der Waals surface area (Å²) in [6.07, 6.45) is 3.82. The number of esters is 1. The average molecular weight is 302 g/mol. The van der Waals surface area contributed by atoms with Crippen LogP contribution in [0.25, 0.3) is 0 Å². The number of methoxy groups -OCH3 is 1. The zero-order valence-electron chi connectivity index (χ0n) is 12.9. The number of ether oxygens (including phenoxy) is 1. The first-order valence-electron chi connectivity index (χ1n) is 7.88. The first-order chi connectivity index (χ1) is 10.7. The molecule has 1 heterocycles. The van der Waals surface area contributed by atoms with Crippen molar-refractivity contribution in [2.45, 2.75) is 25.3 Å². The van der Waals surface area contributed by atoms with E-state index in [0.29, 0.717) is 23.6 Å². The molecule has 1 atom stereocenters. The molecule has 1 saturated heterocycles. The quantitative estimate of drug-likeness (QED) is 0.841. The number of carbonyl (C=O) groups is 2. The molecule has 1 N–H and O–H groups in total. The maximum atomic E-state index is 12.2. The van der Waals surface area contributed by atoms with Crippen molar-refractivity contribution in [1.29, 1.82) is 0 Å². The number of rotatable bonds is 5. The van der Waals surface area contributed by atoms with Crippen LogP contribution in [-0.2, 0) is 4.74 Å². The summed E-state index contributed by atoms with van der Waals surface area (Å²) in [4.78, 5) is 26.3. The minimum Gasteiger partial charge on any atom is -0.465 e. The molecule has 1 amide bonds. The van der Waals surface area contributed by atoms with Crippen LogP contribution in [-0.4, -0.2) is 49.6 Å². The fourth-order valence-corrected chi connectivity index (χ4v) is 3.04. The molecule has 118 valence electrons. The summed E-state index contributed by atoms with van der Waals surface area (Å²) >= 11 is 0. The summed E-state index contributed by atoms with van der Waals surface area (Å²) in [6, 6.07) is 7.44. The van der Waals surface area contributed by atoms with Crippen LogP contribution in [0.4, 0.5) is 0 Å². The van der Waals surface area contributed by atoms with Crippen LogP contribution in [0.1, 0.15) is 40.0 Å². The van der Waals surface area contributed by atoms with Crippen molar-refractivity contribution >= 4 is 11.9 Å². The third-order valence-corrected chi connectivity index (χ3v) is 4.48. The molecule has 1 aliphatic carbocycles. The summed E-state index contributed by atoms with van der Waals surface area (Å²) in [5.74, 6) is -0.0190. The molecule has 1 aliphatic heterocycles. The molecule has 5 nitrogen and oxygen atoms in total. The van der Waals surface area contributed by atoms with Crippen molar-refractivity contribution in [1.82, 2.24) is 10.2 Å². The molecular weight excluding hydrogens is 280 g/mol. The Labute approximate surface area is 130 Å². The van der Waals surface area contributed by atoms with Gasteiger partial charge in [-0.25, -0.2) is 4.79 Å². The molecule has 0 unspecified atom stereocenters. The lowest BCUT2D eigenvalue weighted by atomic mass is 10.1. The number of likely N-dealkylation sites (tertiary alicyclic amines) is 1. The van der Waals surface area contributed by atoms with E-state index in [1.54, 1.807) is 24.3 Å². The summed E-state index contributed by atoms with van der Waals surface area (Å²) in [7, 11) is 1.33. The number of amides is 1. The van der Waals surface area contributed by atoms with E-state index < -0.39 is 5.97 Å². The lowest BCUT2D eigenvalue weighted by Gasteiger charge is -2.15. The van der Waals surface area contributed by atoms with Gasteiger partial charge in [-0.2, -0.15) is 0 Å². The Morgan fingerprint density at radius 2 is 2.05 bits per heavy atom. The molecule has 1 saturated carbocycles. The number of benzene rings is 1. The molecule has 0 radical (unpaired) electrons. The summed E-state index contributed by atoms with van der Waals surface area (Å²) < 4.78 is 4.68. The normalized spacial score (nSPS) is 21.6. The zero-order valence-corrected chi connectivity index (χ0v) is 12.9. The van der Waals surface area contributed by atoms with E-state index in [9.17, 15) is 9.59 Å². The highest BCUT2D eigenvalue weighted by molar-refractivity contribution is 5.97. The van der Waals surface area contributed by atoms with Gasteiger partial charge in [0.15, 0.2) is 0 Å². The highest BCUT2D eigenvalue weighted by Crippen LogP contribution is 2.31. The summed E-state index contributed by atoms with van der Waals surface area (Å²) in [5, 5.41) is 2.99. The van der Waals surface area contributed by atoms with Gasteiger partial charge in [-0.05, 0) is 49.9 Å². The lowest BCUT2D eigenvalue weighted by Crippen LogP contribution is -2.31. The first-order valence-corrected chi connectivity index (χ1v) is 7.88. The predicted molar refractivity (Wildman–Crippen MR) is 82.8 cm³/mol. The van der Waals surface area contributed by atoms with Crippen molar-refractivity contribution in [3.63, 3.8) is 0 Å². The van der Waals surface area contributed by atoms with Crippen LogP contribution >= 0.6 is 0 Å². The number of nitrogens with one attached hydrogen (secondary N) is 1. The van der Waals surface area contributed by atoms with E-state index in [-0.39, 0.29) is 5.91 Å². The highest BCUT2D eigenvalue weighted by Gasteiger charge is 2.34. The summed E-state index contributed by atoms with van der Waals surface area (Å²) in [5.41, 5.74) is 0.899. The van der Waals surface area contributed by atoms with Gasteiger partial charge in [0, 0.05) is 24.7 Å². The molecule has 2 fully saturated rings. The topological polar surface area (TPSA) is 58.6 Å². The highest BCUT2D eigenvalue weighted by atomic mass is 16.5. The standard InChI is InChI=1S/C17H22N2O3/c1-22-17(21)14-4-2-3-13(9-14)16(20)18-10-12-7-8-19(11-12)15-5-6-15/h2-4,9,12,15H,5-8,10-11H2,1H3,(H,18,20)/t12-/m1/s1. The minimum absolute atomic E-state index is 0.129. The number of nitrogens with zero attached hydrogens (tertiary/aromatic N) is 1. The minimum atomic E-state index is -0.425. The van der Waals surface area contributed by atoms with Gasteiger partial charge >= 0.3 is 5.97 Å². The molecule has 1 aromatic carbocycles. The lowest BCUT2D eigenvalue weighted by molar-refractivity contribution is 0.0600. The molecule has 5 heteroatoms. The Balaban J connectivity index is 1.52. The SMILES string of the molecule is COC(=O)c1cccc(C(=O)NC[C@H]2CCN(C3CC3)C2)c1. The second-order valence-corrected chi connectivity index (χ2v) is 6.16. The van der Waals surface area contributed by atoms with Crippen molar-refractivity contribution in [3.05, 3.63) is 35.4 Å². The third kappa shape index (κ3) is 3.47.